The van der Waals surface area contributed by atoms with E-state index in [9.17, 15) is 0 Å². The van der Waals surface area contributed by atoms with Crippen molar-refractivity contribution in [1.82, 2.24) is 5.32 Å². The lowest BCUT2D eigenvalue weighted by Gasteiger charge is -2.12. The number of nitrogens with one attached hydrogen (secondary N) is 1. The molecule has 0 aromatic heterocycles. The number of benzene rings is 1. The maximum atomic E-state index is 8.65. The Morgan fingerprint density at radius 3 is 2.67 bits per heavy atom. The molecule has 102 valence electrons. The fourth-order valence-corrected chi connectivity index (χ4v) is 2.63. The summed E-state index contributed by atoms with van der Waals surface area (Å²) in [5.74, 6) is 2.83. The van der Waals surface area contributed by atoms with Gasteiger partial charge in [-0.2, -0.15) is 11.8 Å². The highest BCUT2D eigenvalue weighted by atomic mass is 32.2. The summed E-state index contributed by atoms with van der Waals surface area (Å²) in [6.45, 7) is 4.75. The van der Waals surface area contributed by atoms with Gasteiger partial charge in [0.1, 0.15) is 0 Å². The molecule has 18 heavy (non-hydrogen) atoms. The first-order chi connectivity index (χ1) is 8.84. The molecule has 3 heteroatoms. The van der Waals surface area contributed by atoms with Crippen molar-refractivity contribution >= 4 is 11.8 Å². The molecule has 0 amide bonds. The van der Waals surface area contributed by atoms with Gasteiger partial charge in [-0.25, -0.2) is 0 Å². The predicted molar refractivity (Wildman–Crippen MR) is 81.4 cm³/mol. The average Bonchev–Trinajstić information content (AvgIpc) is 2.42. The number of thioether (sulfide) groups is 1. The quantitative estimate of drug-likeness (QED) is 0.639. The van der Waals surface area contributed by atoms with E-state index in [1.807, 2.05) is 11.8 Å². The Morgan fingerprint density at radius 1 is 1.17 bits per heavy atom. The molecule has 0 aliphatic rings. The minimum atomic E-state index is 0.315. The minimum absolute atomic E-state index is 0.315. The second-order valence-electron chi connectivity index (χ2n) is 4.54. The predicted octanol–water partition coefficient (Wildman–Crippen LogP) is 2.89. The molecule has 0 spiro atoms. The zero-order chi connectivity index (χ0) is 13.1. The van der Waals surface area contributed by atoms with Crippen molar-refractivity contribution in [1.29, 1.82) is 0 Å². The summed E-state index contributed by atoms with van der Waals surface area (Å²) in [5.41, 5.74) is 1.43. The Hall–Kier alpha value is -0.510. The number of aliphatic hydroxyl groups excluding tert-OH is 1. The van der Waals surface area contributed by atoms with Crippen molar-refractivity contribution in [2.75, 3.05) is 31.2 Å². The standard InChI is InChI=1S/C15H25NOS/c1-14(15-6-3-2-4-7-15)8-9-16-10-13-18-12-5-11-17/h2-4,6-7,14,16-17H,5,8-13H2,1H3. The highest BCUT2D eigenvalue weighted by Gasteiger charge is 2.03. The van der Waals surface area contributed by atoms with Gasteiger partial charge in [0.05, 0.1) is 0 Å². The number of hydrogen-bond acceptors (Lipinski definition) is 3. The molecule has 2 nitrogen and oxygen atoms in total. The van der Waals surface area contributed by atoms with Crippen LogP contribution in [0.1, 0.15) is 31.2 Å². The van der Waals surface area contributed by atoms with Gasteiger partial charge in [0.25, 0.3) is 0 Å². The van der Waals surface area contributed by atoms with Gasteiger partial charge < -0.3 is 10.4 Å². The molecule has 0 aliphatic heterocycles. The third-order valence-electron chi connectivity index (χ3n) is 2.99. The summed E-state index contributed by atoms with van der Waals surface area (Å²) in [4.78, 5) is 0. The number of aliphatic hydroxyl groups is 1. The summed E-state index contributed by atoms with van der Waals surface area (Å²) < 4.78 is 0. The van der Waals surface area contributed by atoms with Gasteiger partial charge >= 0.3 is 0 Å². The molecular weight excluding hydrogens is 242 g/mol. The highest BCUT2D eigenvalue weighted by molar-refractivity contribution is 7.99. The molecule has 0 saturated heterocycles. The molecule has 0 heterocycles. The third-order valence-corrected chi connectivity index (χ3v) is 4.06. The van der Waals surface area contributed by atoms with E-state index in [0.717, 1.165) is 31.0 Å². The monoisotopic (exact) mass is 267 g/mol. The van der Waals surface area contributed by atoms with E-state index in [-0.39, 0.29) is 0 Å². The van der Waals surface area contributed by atoms with Gasteiger partial charge in [-0.05, 0) is 36.6 Å². The first-order valence-corrected chi connectivity index (χ1v) is 7.94. The van der Waals surface area contributed by atoms with Crippen molar-refractivity contribution < 1.29 is 5.11 Å². The molecule has 0 aliphatic carbocycles. The van der Waals surface area contributed by atoms with Crippen LogP contribution in [0.4, 0.5) is 0 Å². The van der Waals surface area contributed by atoms with E-state index in [1.165, 1.54) is 12.0 Å². The molecule has 1 unspecified atom stereocenters. The van der Waals surface area contributed by atoms with Crippen molar-refractivity contribution in [3.8, 4) is 0 Å². The van der Waals surface area contributed by atoms with E-state index in [2.05, 4.69) is 42.6 Å². The first kappa shape index (κ1) is 15.5. The van der Waals surface area contributed by atoms with Crippen LogP contribution in [0.2, 0.25) is 0 Å². The van der Waals surface area contributed by atoms with Crippen LogP contribution in [-0.2, 0) is 0 Å². The van der Waals surface area contributed by atoms with Gasteiger partial charge in [0.15, 0.2) is 0 Å². The van der Waals surface area contributed by atoms with Gasteiger partial charge in [0.2, 0.25) is 0 Å². The van der Waals surface area contributed by atoms with Crippen LogP contribution in [0.3, 0.4) is 0 Å². The molecule has 1 rings (SSSR count). The third kappa shape index (κ3) is 7.04. The zero-order valence-electron chi connectivity index (χ0n) is 11.3. The van der Waals surface area contributed by atoms with Gasteiger partial charge in [0, 0.05) is 18.9 Å². The van der Waals surface area contributed by atoms with Crippen molar-refractivity contribution in [2.45, 2.75) is 25.7 Å². The molecule has 0 fully saturated rings. The zero-order valence-corrected chi connectivity index (χ0v) is 12.1. The van der Waals surface area contributed by atoms with Crippen LogP contribution < -0.4 is 5.32 Å². The highest BCUT2D eigenvalue weighted by Crippen LogP contribution is 2.17. The van der Waals surface area contributed by atoms with E-state index >= 15 is 0 Å². The Kier molecular flexibility index (Phi) is 9.00. The first-order valence-electron chi connectivity index (χ1n) is 6.79. The van der Waals surface area contributed by atoms with Crippen LogP contribution in [0.25, 0.3) is 0 Å². The molecule has 0 saturated carbocycles. The average molecular weight is 267 g/mol. The normalized spacial score (nSPS) is 12.6. The molecular formula is C15H25NOS. The van der Waals surface area contributed by atoms with Crippen LogP contribution in [0.5, 0.6) is 0 Å². The van der Waals surface area contributed by atoms with Crippen LogP contribution >= 0.6 is 11.8 Å². The smallest absolute Gasteiger partial charge is 0.0438 e. The van der Waals surface area contributed by atoms with E-state index in [1.54, 1.807) is 0 Å². The Morgan fingerprint density at radius 2 is 1.94 bits per heavy atom. The van der Waals surface area contributed by atoms with Crippen LogP contribution in [0.15, 0.2) is 30.3 Å². The maximum absolute atomic E-state index is 8.65. The van der Waals surface area contributed by atoms with Gasteiger partial charge in [-0.1, -0.05) is 37.3 Å². The number of rotatable bonds is 10. The maximum Gasteiger partial charge on any atom is 0.0438 e. The fraction of sp³-hybridized carbons (Fsp3) is 0.600. The second-order valence-corrected chi connectivity index (χ2v) is 5.76. The van der Waals surface area contributed by atoms with E-state index in [4.69, 9.17) is 5.11 Å². The second kappa shape index (κ2) is 10.4. The fourth-order valence-electron chi connectivity index (χ4n) is 1.80. The lowest BCUT2D eigenvalue weighted by molar-refractivity contribution is 0.296. The molecule has 0 radical (unpaired) electrons. The van der Waals surface area contributed by atoms with Gasteiger partial charge in [-0.15, -0.1) is 0 Å². The minimum Gasteiger partial charge on any atom is -0.396 e. The molecule has 1 atom stereocenters. The summed E-state index contributed by atoms with van der Waals surface area (Å²) in [7, 11) is 0. The Labute approximate surface area is 115 Å². The summed E-state index contributed by atoms with van der Waals surface area (Å²) in [6, 6.07) is 10.7. The lowest BCUT2D eigenvalue weighted by Crippen LogP contribution is -2.20. The molecule has 0 bridgehead atoms. The van der Waals surface area contributed by atoms with Crippen molar-refractivity contribution in [3.05, 3.63) is 35.9 Å². The summed E-state index contributed by atoms with van der Waals surface area (Å²) in [6.07, 6.45) is 2.10. The summed E-state index contributed by atoms with van der Waals surface area (Å²) in [5, 5.41) is 12.1. The molecule has 1 aromatic carbocycles. The van der Waals surface area contributed by atoms with Gasteiger partial charge in [-0.3, -0.25) is 0 Å². The SMILES string of the molecule is CC(CCNCCSCCCO)c1ccccc1. The largest absolute Gasteiger partial charge is 0.396 e. The lowest BCUT2D eigenvalue weighted by atomic mass is 9.98. The van der Waals surface area contributed by atoms with E-state index < -0.39 is 0 Å². The van der Waals surface area contributed by atoms with Crippen molar-refractivity contribution in [3.63, 3.8) is 0 Å². The topological polar surface area (TPSA) is 32.3 Å². The summed E-state index contributed by atoms with van der Waals surface area (Å²) >= 11 is 1.91. The number of hydrogen-bond donors (Lipinski definition) is 2. The van der Waals surface area contributed by atoms with Crippen molar-refractivity contribution in [2.24, 2.45) is 0 Å². The Bertz CT molecular complexity index is 292. The van der Waals surface area contributed by atoms with Crippen LogP contribution in [0, 0.1) is 0 Å². The van der Waals surface area contributed by atoms with E-state index in [0.29, 0.717) is 12.5 Å². The molecule has 2 N–H and O–H groups in total. The Balaban J connectivity index is 1.98. The molecule has 1 aromatic rings. The van der Waals surface area contributed by atoms with Crippen LogP contribution in [-0.4, -0.2) is 36.3 Å².